The van der Waals surface area contributed by atoms with E-state index in [0.717, 1.165) is 25.1 Å². The molecule has 0 spiro atoms. The highest BCUT2D eigenvalue weighted by atomic mass is 19.3. The zero-order valence-corrected chi connectivity index (χ0v) is 10.7. The monoisotopic (exact) mass is 254 g/mol. The quantitative estimate of drug-likeness (QED) is 0.888. The predicted octanol–water partition coefficient (Wildman–Crippen LogP) is 2.46. The van der Waals surface area contributed by atoms with Crippen molar-refractivity contribution in [2.75, 3.05) is 26.2 Å². The highest BCUT2D eigenvalue weighted by Gasteiger charge is 2.29. The van der Waals surface area contributed by atoms with E-state index in [1.807, 2.05) is 29.2 Å². The van der Waals surface area contributed by atoms with Crippen LogP contribution in [0.3, 0.4) is 0 Å². The van der Waals surface area contributed by atoms with Gasteiger partial charge in [-0.3, -0.25) is 4.90 Å². The molecule has 1 atom stereocenters. The summed E-state index contributed by atoms with van der Waals surface area (Å²) in [7, 11) is 0. The largest absolute Gasteiger partial charge is 0.314 e. The summed E-state index contributed by atoms with van der Waals surface area (Å²) in [6.45, 7) is 5.01. The minimum atomic E-state index is -2.34. The van der Waals surface area contributed by atoms with Crippen molar-refractivity contribution in [3.8, 4) is 0 Å². The number of hydrogen-bond acceptors (Lipinski definition) is 2. The van der Waals surface area contributed by atoms with Crippen LogP contribution in [-0.4, -0.2) is 37.5 Å². The van der Waals surface area contributed by atoms with Gasteiger partial charge in [0, 0.05) is 26.2 Å². The van der Waals surface area contributed by atoms with E-state index in [0.29, 0.717) is 13.1 Å². The number of nitrogens with zero attached hydrogens (tertiary/aromatic N) is 1. The summed E-state index contributed by atoms with van der Waals surface area (Å²) in [4.78, 5) is 1.88. The second-order valence-corrected chi connectivity index (χ2v) is 4.66. The van der Waals surface area contributed by atoms with Crippen molar-refractivity contribution < 1.29 is 8.78 Å². The summed E-state index contributed by atoms with van der Waals surface area (Å²) in [6, 6.07) is 6.83. The van der Waals surface area contributed by atoms with Crippen LogP contribution in [0.25, 0.3) is 0 Å². The normalized spacial score (nSPS) is 19.1. The summed E-state index contributed by atoms with van der Waals surface area (Å²) in [5.74, 6) is 0. The Labute approximate surface area is 107 Å². The second kappa shape index (κ2) is 6.25. The fourth-order valence-electron chi connectivity index (χ4n) is 2.43. The molecule has 0 aromatic heterocycles. The number of nitrogens with one attached hydrogen (secondary N) is 1. The molecule has 0 bridgehead atoms. The molecule has 0 amide bonds. The first-order chi connectivity index (χ1) is 8.72. The molecule has 1 N–H and O–H groups in total. The lowest BCUT2D eigenvalue weighted by atomic mass is 10.0. The van der Waals surface area contributed by atoms with Crippen LogP contribution in [0.4, 0.5) is 8.78 Å². The molecule has 2 rings (SSSR count). The van der Waals surface area contributed by atoms with Crippen molar-refractivity contribution in [1.82, 2.24) is 10.2 Å². The molecule has 0 aliphatic carbocycles. The molecule has 1 aliphatic rings. The molecule has 0 unspecified atom stereocenters. The third kappa shape index (κ3) is 3.06. The molecule has 1 saturated heterocycles. The van der Waals surface area contributed by atoms with Gasteiger partial charge < -0.3 is 5.32 Å². The Hall–Kier alpha value is -1.00. The Bertz CT molecular complexity index is 359. The van der Waals surface area contributed by atoms with Crippen molar-refractivity contribution in [2.24, 2.45) is 0 Å². The third-order valence-corrected chi connectivity index (χ3v) is 3.51. The lowest BCUT2D eigenvalue weighted by Crippen LogP contribution is -2.46. The van der Waals surface area contributed by atoms with Crippen LogP contribution >= 0.6 is 0 Å². The van der Waals surface area contributed by atoms with Crippen LogP contribution in [0.5, 0.6) is 0 Å². The third-order valence-electron chi connectivity index (χ3n) is 3.51. The molecular weight excluding hydrogens is 234 g/mol. The van der Waals surface area contributed by atoms with Gasteiger partial charge in [-0.05, 0) is 17.5 Å². The van der Waals surface area contributed by atoms with Crippen LogP contribution in [0, 0.1) is 0 Å². The molecule has 1 aliphatic heterocycles. The topological polar surface area (TPSA) is 15.3 Å². The molecule has 1 fully saturated rings. The predicted molar refractivity (Wildman–Crippen MR) is 69.0 cm³/mol. The Morgan fingerprint density at radius 2 is 1.78 bits per heavy atom. The fourth-order valence-corrected chi connectivity index (χ4v) is 2.43. The summed E-state index contributed by atoms with van der Waals surface area (Å²) in [6.07, 6.45) is -1.40. The van der Waals surface area contributed by atoms with E-state index in [9.17, 15) is 8.78 Å². The lowest BCUT2D eigenvalue weighted by molar-refractivity contribution is 0.0182. The van der Waals surface area contributed by atoms with Gasteiger partial charge in [-0.2, -0.15) is 0 Å². The molecule has 1 aromatic carbocycles. The van der Waals surface area contributed by atoms with Gasteiger partial charge in [0.2, 0.25) is 0 Å². The maximum absolute atomic E-state index is 13.3. The van der Waals surface area contributed by atoms with Crippen molar-refractivity contribution in [3.05, 3.63) is 35.4 Å². The van der Waals surface area contributed by atoms with E-state index < -0.39 is 12.5 Å². The number of benzene rings is 1. The first-order valence-electron chi connectivity index (χ1n) is 6.54. The number of alkyl halides is 2. The van der Waals surface area contributed by atoms with Gasteiger partial charge in [0.05, 0.1) is 6.04 Å². The molecule has 4 heteroatoms. The molecule has 2 nitrogen and oxygen atoms in total. The van der Waals surface area contributed by atoms with E-state index in [-0.39, 0.29) is 0 Å². The summed E-state index contributed by atoms with van der Waals surface area (Å²) in [5, 5.41) is 3.19. The lowest BCUT2D eigenvalue weighted by Gasteiger charge is -2.34. The highest BCUT2D eigenvalue weighted by Crippen LogP contribution is 2.28. The van der Waals surface area contributed by atoms with Gasteiger partial charge in [-0.1, -0.05) is 31.2 Å². The van der Waals surface area contributed by atoms with Crippen molar-refractivity contribution in [1.29, 1.82) is 0 Å². The van der Waals surface area contributed by atoms with Crippen LogP contribution < -0.4 is 5.32 Å². The molecule has 1 heterocycles. The van der Waals surface area contributed by atoms with E-state index in [1.165, 1.54) is 5.56 Å². The van der Waals surface area contributed by atoms with Crippen molar-refractivity contribution >= 4 is 0 Å². The Morgan fingerprint density at radius 1 is 1.17 bits per heavy atom. The molecular formula is C14H20F2N2. The maximum Gasteiger partial charge on any atom is 0.258 e. The molecule has 0 saturated carbocycles. The Kier molecular flexibility index (Phi) is 4.66. The minimum Gasteiger partial charge on any atom is -0.314 e. The average Bonchev–Trinajstić information content (AvgIpc) is 2.40. The number of halogens is 2. The zero-order chi connectivity index (χ0) is 13.0. The van der Waals surface area contributed by atoms with Crippen LogP contribution in [0.1, 0.15) is 24.1 Å². The number of hydrogen-bond donors (Lipinski definition) is 1. The van der Waals surface area contributed by atoms with Crippen molar-refractivity contribution in [2.45, 2.75) is 25.8 Å². The van der Waals surface area contributed by atoms with Crippen LogP contribution in [0.2, 0.25) is 0 Å². The second-order valence-electron chi connectivity index (χ2n) is 4.66. The van der Waals surface area contributed by atoms with Gasteiger partial charge in [0.25, 0.3) is 6.43 Å². The average molecular weight is 254 g/mol. The summed E-state index contributed by atoms with van der Waals surface area (Å²) in [5.41, 5.74) is 1.91. The summed E-state index contributed by atoms with van der Waals surface area (Å²) >= 11 is 0. The van der Waals surface area contributed by atoms with Gasteiger partial charge in [-0.15, -0.1) is 0 Å². The van der Waals surface area contributed by atoms with Crippen LogP contribution in [0.15, 0.2) is 24.3 Å². The molecule has 0 radical (unpaired) electrons. The highest BCUT2D eigenvalue weighted by molar-refractivity contribution is 5.25. The van der Waals surface area contributed by atoms with E-state index in [2.05, 4.69) is 12.2 Å². The molecule has 100 valence electrons. The fraction of sp³-hybridized carbons (Fsp3) is 0.571. The minimum absolute atomic E-state index is 0.685. The molecule has 18 heavy (non-hydrogen) atoms. The Balaban J connectivity index is 2.17. The van der Waals surface area contributed by atoms with Gasteiger partial charge >= 0.3 is 0 Å². The van der Waals surface area contributed by atoms with Gasteiger partial charge in [-0.25, -0.2) is 8.78 Å². The zero-order valence-electron chi connectivity index (χ0n) is 10.7. The number of rotatable bonds is 4. The maximum atomic E-state index is 13.3. The Morgan fingerprint density at radius 3 is 2.28 bits per heavy atom. The van der Waals surface area contributed by atoms with E-state index >= 15 is 0 Å². The number of aryl methyl sites for hydroxylation is 1. The van der Waals surface area contributed by atoms with Gasteiger partial charge in [0.1, 0.15) is 0 Å². The SMILES string of the molecule is CCc1ccc([C@H](C(F)F)N2CCNCC2)cc1. The molecule has 1 aromatic rings. The van der Waals surface area contributed by atoms with E-state index in [4.69, 9.17) is 0 Å². The standard InChI is InChI=1S/C14H20F2N2/c1-2-11-3-5-12(6-4-11)13(14(15)16)18-9-7-17-8-10-18/h3-6,13-14,17H,2,7-10H2,1H3/t13-/m1/s1. The first kappa shape index (κ1) is 13.4. The smallest absolute Gasteiger partial charge is 0.258 e. The first-order valence-corrected chi connectivity index (χ1v) is 6.54. The van der Waals surface area contributed by atoms with Crippen molar-refractivity contribution in [3.63, 3.8) is 0 Å². The van der Waals surface area contributed by atoms with Gasteiger partial charge in [0.15, 0.2) is 0 Å². The van der Waals surface area contributed by atoms with Crippen LogP contribution in [-0.2, 0) is 6.42 Å². The number of piperazine rings is 1. The summed E-state index contributed by atoms with van der Waals surface area (Å²) < 4.78 is 26.6. The van der Waals surface area contributed by atoms with E-state index in [1.54, 1.807) is 0 Å².